The van der Waals surface area contributed by atoms with Crippen molar-refractivity contribution in [3.05, 3.63) is 30.1 Å². The van der Waals surface area contributed by atoms with Gasteiger partial charge < -0.3 is 20.6 Å². The lowest BCUT2D eigenvalue weighted by molar-refractivity contribution is 0.201. The van der Waals surface area contributed by atoms with E-state index < -0.39 is 0 Å². The molecule has 2 aliphatic rings. The fraction of sp³-hybridized carbons (Fsp3) is 0.588. The van der Waals surface area contributed by atoms with Crippen molar-refractivity contribution < 1.29 is 14.3 Å². The van der Waals surface area contributed by atoms with Crippen molar-refractivity contribution in [2.75, 3.05) is 31.1 Å². The van der Waals surface area contributed by atoms with Crippen LogP contribution in [0, 0.1) is 11.2 Å². The Kier molecular flexibility index (Phi) is 4.71. The number of aliphatic hydroxyl groups is 1. The van der Waals surface area contributed by atoms with Gasteiger partial charge in [-0.2, -0.15) is 0 Å². The molecular formula is C17H24FN3O2. The van der Waals surface area contributed by atoms with E-state index in [2.05, 4.69) is 15.5 Å². The van der Waals surface area contributed by atoms with Gasteiger partial charge in [0.2, 0.25) is 0 Å². The molecular weight excluding hydrogens is 297 g/mol. The molecule has 1 atom stereocenters. The van der Waals surface area contributed by atoms with Crippen LogP contribution in [0.2, 0.25) is 0 Å². The number of hydrogen-bond donors (Lipinski definition) is 3. The molecule has 6 heteroatoms. The number of carbonyl (C=O) groups excluding carboxylic acids is 1. The lowest BCUT2D eigenvalue weighted by Crippen LogP contribution is -2.51. The van der Waals surface area contributed by atoms with Crippen LogP contribution in [-0.2, 0) is 0 Å². The van der Waals surface area contributed by atoms with E-state index >= 15 is 0 Å². The number of benzene rings is 1. The summed E-state index contributed by atoms with van der Waals surface area (Å²) in [5.74, 6) is -0.242. The van der Waals surface area contributed by atoms with Crippen LogP contribution in [0.15, 0.2) is 24.3 Å². The number of piperidine rings is 1. The van der Waals surface area contributed by atoms with E-state index in [9.17, 15) is 14.3 Å². The maximum Gasteiger partial charge on any atom is 0.315 e. The van der Waals surface area contributed by atoms with Crippen LogP contribution < -0.4 is 15.5 Å². The molecule has 1 heterocycles. The van der Waals surface area contributed by atoms with Crippen LogP contribution in [-0.4, -0.2) is 43.4 Å². The first-order valence-electron chi connectivity index (χ1n) is 8.26. The zero-order valence-electron chi connectivity index (χ0n) is 13.2. The summed E-state index contributed by atoms with van der Waals surface area (Å²) >= 11 is 0. The molecule has 1 aromatic rings. The van der Waals surface area contributed by atoms with Crippen molar-refractivity contribution in [1.29, 1.82) is 0 Å². The highest BCUT2D eigenvalue weighted by molar-refractivity contribution is 5.74. The Morgan fingerprint density at radius 2 is 2.26 bits per heavy atom. The highest BCUT2D eigenvalue weighted by Crippen LogP contribution is 2.44. The summed E-state index contributed by atoms with van der Waals surface area (Å²) in [6.07, 6.45) is 3.83. The van der Waals surface area contributed by atoms with Crippen molar-refractivity contribution in [1.82, 2.24) is 10.6 Å². The van der Waals surface area contributed by atoms with E-state index in [1.165, 1.54) is 12.1 Å². The molecule has 1 saturated heterocycles. The van der Waals surface area contributed by atoms with E-state index in [0.717, 1.165) is 37.9 Å². The number of halogens is 1. The molecule has 3 N–H and O–H groups in total. The zero-order chi connectivity index (χ0) is 16.3. The van der Waals surface area contributed by atoms with Gasteiger partial charge in [0.15, 0.2) is 0 Å². The summed E-state index contributed by atoms with van der Waals surface area (Å²) in [4.78, 5) is 14.1. The molecule has 1 saturated carbocycles. The minimum Gasteiger partial charge on any atom is -0.396 e. The Morgan fingerprint density at radius 1 is 1.43 bits per heavy atom. The molecule has 5 nitrogen and oxygen atoms in total. The quantitative estimate of drug-likeness (QED) is 0.776. The smallest absolute Gasteiger partial charge is 0.315 e. The molecule has 2 fully saturated rings. The summed E-state index contributed by atoms with van der Waals surface area (Å²) in [6, 6.07) is 6.43. The molecule has 1 aromatic carbocycles. The third-order valence-electron chi connectivity index (χ3n) is 4.85. The van der Waals surface area contributed by atoms with Crippen LogP contribution >= 0.6 is 0 Å². The average Bonchev–Trinajstić information content (AvgIpc) is 3.34. The van der Waals surface area contributed by atoms with Crippen molar-refractivity contribution in [3.63, 3.8) is 0 Å². The highest BCUT2D eigenvalue weighted by atomic mass is 19.1. The van der Waals surface area contributed by atoms with E-state index in [0.29, 0.717) is 13.1 Å². The van der Waals surface area contributed by atoms with Crippen molar-refractivity contribution >= 4 is 11.7 Å². The molecule has 0 aromatic heterocycles. The van der Waals surface area contributed by atoms with Crippen LogP contribution in [0.25, 0.3) is 0 Å². The molecule has 23 heavy (non-hydrogen) atoms. The molecule has 1 aliphatic heterocycles. The Balaban J connectivity index is 1.49. The SMILES string of the molecule is O=C(NCC1(CO)CC1)NC1CCCN(c2cccc(F)c2)C1. The lowest BCUT2D eigenvalue weighted by atomic mass is 10.0. The first kappa shape index (κ1) is 16.1. The first-order valence-corrected chi connectivity index (χ1v) is 8.26. The van der Waals surface area contributed by atoms with Gasteiger partial charge in [0.1, 0.15) is 5.82 Å². The van der Waals surface area contributed by atoms with Gasteiger partial charge in [-0.15, -0.1) is 0 Å². The number of amides is 2. The van der Waals surface area contributed by atoms with Gasteiger partial charge in [-0.05, 0) is 43.9 Å². The molecule has 126 valence electrons. The first-order chi connectivity index (χ1) is 11.1. The number of anilines is 1. The van der Waals surface area contributed by atoms with E-state index in [1.807, 2.05) is 6.07 Å². The second kappa shape index (κ2) is 6.74. The highest BCUT2D eigenvalue weighted by Gasteiger charge is 2.42. The van der Waals surface area contributed by atoms with Crippen molar-refractivity contribution in [2.45, 2.75) is 31.7 Å². The minimum absolute atomic E-state index is 0.0521. The van der Waals surface area contributed by atoms with Gasteiger partial charge in [0, 0.05) is 36.8 Å². The van der Waals surface area contributed by atoms with Crippen LogP contribution in [0.1, 0.15) is 25.7 Å². The summed E-state index contributed by atoms with van der Waals surface area (Å²) in [5, 5.41) is 15.1. The Labute approximate surface area is 135 Å². The van der Waals surface area contributed by atoms with Crippen LogP contribution in [0.3, 0.4) is 0 Å². The zero-order valence-corrected chi connectivity index (χ0v) is 13.2. The monoisotopic (exact) mass is 321 g/mol. The normalized spacial score (nSPS) is 22.5. The average molecular weight is 321 g/mol. The largest absolute Gasteiger partial charge is 0.396 e. The predicted molar refractivity (Wildman–Crippen MR) is 86.9 cm³/mol. The topological polar surface area (TPSA) is 64.6 Å². The standard InChI is InChI=1S/C17H24FN3O2/c18-13-3-1-5-15(9-13)21-8-2-4-14(10-21)20-16(23)19-11-17(12-22)6-7-17/h1,3,5,9,14,22H,2,4,6-8,10-12H2,(H2,19,20,23). The van der Waals surface area contributed by atoms with E-state index in [4.69, 9.17) is 0 Å². The number of hydrogen-bond acceptors (Lipinski definition) is 3. The van der Waals surface area contributed by atoms with E-state index in [1.54, 1.807) is 6.07 Å². The third kappa shape index (κ3) is 4.13. The fourth-order valence-electron chi connectivity index (χ4n) is 3.07. The number of nitrogens with zero attached hydrogens (tertiary/aromatic N) is 1. The number of urea groups is 1. The van der Waals surface area contributed by atoms with Crippen molar-refractivity contribution in [2.24, 2.45) is 5.41 Å². The maximum absolute atomic E-state index is 13.4. The predicted octanol–water partition coefficient (Wildman–Crippen LogP) is 1.87. The number of carbonyl (C=O) groups is 1. The molecule has 1 unspecified atom stereocenters. The van der Waals surface area contributed by atoms with Gasteiger partial charge in [-0.3, -0.25) is 0 Å². The molecule has 0 radical (unpaired) electrons. The van der Waals surface area contributed by atoms with Gasteiger partial charge in [-0.1, -0.05) is 6.07 Å². The molecule has 2 amide bonds. The van der Waals surface area contributed by atoms with Gasteiger partial charge in [0.05, 0.1) is 6.61 Å². The van der Waals surface area contributed by atoms with Crippen molar-refractivity contribution in [3.8, 4) is 0 Å². The minimum atomic E-state index is -0.242. The molecule has 0 bridgehead atoms. The Morgan fingerprint density at radius 3 is 2.96 bits per heavy atom. The maximum atomic E-state index is 13.4. The summed E-state index contributed by atoms with van der Waals surface area (Å²) in [7, 11) is 0. The van der Waals surface area contributed by atoms with Crippen LogP contribution in [0.4, 0.5) is 14.9 Å². The Bertz CT molecular complexity index is 563. The second-order valence-electron chi connectivity index (χ2n) is 6.75. The lowest BCUT2D eigenvalue weighted by Gasteiger charge is -2.34. The van der Waals surface area contributed by atoms with Crippen LogP contribution in [0.5, 0.6) is 0 Å². The number of aliphatic hydroxyl groups excluding tert-OH is 1. The number of rotatable bonds is 5. The molecule has 1 aliphatic carbocycles. The van der Waals surface area contributed by atoms with E-state index in [-0.39, 0.29) is 29.9 Å². The fourth-order valence-corrected chi connectivity index (χ4v) is 3.07. The van der Waals surface area contributed by atoms with Gasteiger partial charge in [0.25, 0.3) is 0 Å². The summed E-state index contributed by atoms with van der Waals surface area (Å²) in [5.41, 5.74) is 0.770. The number of nitrogens with one attached hydrogen (secondary N) is 2. The van der Waals surface area contributed by atoms with Gasteiger partial charge in [-0.25, -0.2) is 9.18 Å². The second-order valence-corrected chi connectivity index (χ2v) is 6.75. The van der Waals surface area contributed by atoms with Gasteiger partial charge >= 0.3 is 6.03 Å². The summed E-state index contributed by atoms with van der Waals surface area (Å²) in [6.45, 7) is 2.21. The third-order valence-corrected chi connectivity index (χ3v) is 4.85. The molecule has 0 spiro atoms. The summed E-state index contributed by atoms with van der Waals surface area (Å²) < 4.78 is 13.4. The molecule has 3 rings (SSSR count). The Hall–Kier alpha value is -1.82.